The fraction of sp³-hybridized carbons (Fsp3) is 0.263. The fourth-order valence-electron chi connectivity index (χ4n) is 2.68. The molecule has 0 atom stereocenters. The summed E-state index contributed by atoms with van der Waals surface area (Å²) in [5.41, 5.74) is 1.43. The lowest BCUT2D eigenvalue weighted by Crippen LogP contribution is -2.28. The highest BCUT2D eigenvalue weighted by Gasteiger charge is 2.23. The lowest BCUT2D eigenvalue weighted by molar-refractivity contribution is -0.118. The van der Waals surface area contributed by atoms with E-state index >= 15 is 0 Å². The number of hydrogen-bond donors (Lipinski definition) is 1. The quantitative estimate of drug-likeness (QED) is 0.554. The standard InChI is InChI=1S/C19H18N4O2S/c1-12-8-9-20-16(10-12)23-18(25)14-4-2-3-5-15(14)22-19(23)26-11-17(24)21-13-6-7-13/h2-5,8-10,13H,6-7,11H2,1H3,(H,21,24). The van der Waals surface area contributed by atoms with Gasteiger partial charge in [-0.2, -0.15) is 0 Å². The maximum absolute atomic E-state index is 13.1. The van der Waals surface area contributed by atoms with Crippen molar-refractivity contribution in [1.82, 2.24) is 19.9 Å². The number of para-hydroxylation sites is 1. The topological polar surface area (TPSA) is 76.9 Å². The highest BCUT2D eigenvalue weighted by molar-refractivity contribution is 7.99. The van der Waals surface area contributed by atoms with Crippen LogP contribution in [0.5, 0.6) is 0 Å². The van der Waals surface area contributed by atoms with Crippen LogP contribution in [-0.4, -0.2) is 32.2 Å². The number of aryl methyl sites for hydroxylation is 1. The highest BCUT2D eigenvalue weighted by atomic mass is 32.2. The zero-order chi connectivity index (χ0) is 18.1. The van der Waals surface area contributed by atoms with Crippen molar-refractivity contribution in [3.05, 3.63) is 58.5 Å². The van der Waals surface area contributed by atoms with E-state index in [0.717, 1.165) is 18.4 Å². The second-order valence-corrected chi connectivity index (χ2v) is 7.32. The number of benzene rings is 1. The molecule has 1 saturated carbocycles. The molecule has 26 heavy (non-hydrogen) atoms. The van der Waals surface area contributed by atoms with Gasteiger partial charge in [-0.1, -0.05) is 23.9 Å². The van der Waals surface area contributed by atoms with Crippen LogP contribution >= 0.6 is 11.8 Å². The molecule has 132 valence electrons. The molecule has 6 nitrogen and oxygen atoms in total. The van der Waals surface area contributed by atoms with E-state index in [1.807, 2.05) is 31.2 Å². The number of amides is 1. The van der Waals surface area contributed by atoms with Crippen LogP contribution in [0.2, 0.25) is 0 Å². The number of fused-ring (bicyclic) bond motifs is 1. The molecular formula is C19H18N4O2S. The summed E-state index contributed by atoms with van der Waals surface area (Å²) >= 11 is 1.25. The predicted molar refractivity (Wildman–Crippen MR) is 102 cm³/mol. The van der Waals surface area contributed by atoms with Gasteiger partial charge in [0.15, 0.2) is 5.16 Å². The minimum absolute atomic E-state index is 0.0383. The number of carbonyl (C=O) groups is 1. The van der Waals surface area contributed by atoms with Crippen LogP contribution in [0.1, 0.15) is 18.4 Å². The molecule has 0 unspecified atom stereocenters. The van der Waals surface area contributed by atoms with Crippen molar-refractivity contribution in [2.75, 3.05) is 5.75 Å². The van der Waals surface area contributed by atoms with Gasteiger partial charge in [0, 0.05) is 12.2 Å². The molecule has 0 radical (unpaired) electrons. The number of carbonyl (C=O) groups excluding carboxylic acids is 1. The first-order valence-electron chi connectivity index (χ1n) is 8.49. The minimum atomic E-state index is -0.182. The van der Waals surface area contributed by atoms with Crippen LogP contribution in [0.3, 0.4) is 0 Å². The summed E-state index contributed by atoms with van der Waals surface area (Å²) in [5.74, 6) is 0.689. The molecule has 1 aromatic carbocycles. The van der Waals surface area contributed by atoms with Crippen LogP contribution in [0, 0.1) is 6.92 Å². The lowest BCUT2D eigenvalue weighted by Gasteiger charge is -2.12. The number of aromatic nitrogens is 3. The summed E-state index contributed by atoms with van der Waals surface area (Å²) in [6.07, 6.45) is 3.76. The van der Waals surface area contributed by atoms with Crippen LogP contribution in [0.25, 0.3) is 16.7 Å². The molecule has 0 saturated heterocycles. The Morgan fingerprint density at radius 1 is 1.31 bits per heavy atom. The SMILES string of the molecule is Cc1ccnc(-n2c(SCC(=O)NC3CC3)nc3ccccc3c2=O)c1. The molecular weight excluding hydrogens is 348 g/mol. The summed E-state index contributed by atoms with van der Waals surface area (Å²) in [6, 6.07) is 11.2. The van der Waals surface area contributed by atoms with Crippen molar-refractivity contribution in [1.29, 1.82) is 0 Å². The van der Waals surface area contributed by atoms with Crippen molar-refractivity contribution in [3.8, 4) is 5.82 Å². The number of pyridine rings is 1. The van der Waals surface area contributed by atoms with Gasteiger partial charge < -0.3 is 5.32 Å². The zero-order valence-corrected chi connectivity index (χ0v) is 15.1. The molecule has 3 aromatic rings. The molecule has 1 fully saturated rings. The van der Waals surface area contributed by atoms with E-state index < -0.39 is 0 Å². The van der Waals surface area contributed by atoms with Gasteiger partial charge in [-0.3, -0.25) is 9.59 Å². The van der Waals surface area contributed by atoms with Gasteiger partial charge >= 0.3 is 0 Å². The molecule has 4 rings (SSSR count). The monoisotopic (exact) mass is 366 g/mol. The van der Waals surface area contributed by atoms with Gasteiger partial charge in [0.2, 0.25) is 5.91 Å². The van der Waals surface area contributed by atoms with E-state index in [2.05, 4.69) is 15.3 Å². The maximum Gasteiger partial charge on any atom is 0.267 e. The van der Waals surface area contributed by atoms with E-state index in [-0.39, 0.29) is 17.2 Å². The average Bonchev–Trinajstić information content (AvgIpc) is 3.44. The molecule has 0 bridgehead atoms. The lowest BCUT2D eigenvalue weighted by atomic mass is 10.2. The molecule has 2 heterocycles. The molecule has 0 aliphatic heterocycles. The Morgan fingerprint density at radius 3 is 2.88 bits per heavy atom. The fourth-order valence-corrected chi connectivity index (χ4v) is 3.49. The summed E-state index contributed by atoms with van der Waals surface area (Å²) in [7, 11) is 0. The second-order valence-electron chi connectivity index (χ2n) is 6.37. The predicted octanol–water partition coefficient (Wildman–Crippen LogP) is 2.46. The normalized spacial score (nSPS) is 13.7. The molecule has 0 spiro atoms. The minimum Gasteiger partial charge on any atom is -0.353 e. The van der Waals surface area contributed by atoms with Crippen molar-refractivity contribution in [3.63, 3.8) is 0 Å². The Bertz CT molecular complexity index is 1040. The highest BCUT2D eigenvalue weighted by Crippen LogP contribution is 2.22. The molecule has 1 aliphatic rings. The first-order valence-corrected chi connectivity index (χ1v) is 9.47. The molecule has 7 heteroatoms. The molecule has 1 aliphatic carbocycles. The van der Waals surface area contributed by atoms with E-state index in [4.69, 9.17) is 0 Å². The number of nitrogens with one attached hydrogen (secondary N) is 1. The van der Waals surface area contributed by atoms with Crippen LogP contribution in [0.15, 0.2) is 52.5 Å². The van der Waals surface area contributed by atoms with Crippen molar-refractivity contribution >= 4 is 28.6 Å². The number of hydrogen-bond acceptors (Lipinski definition) is 5. The first kappa shape index (κ1) is 16.8. The second kappa shape index (κ2) is 6.92. The Hall–Kier alpha value is -2.67. The van der Waals surface area contributed by atoms with Crippen LogP contribution < -0.4 is 10.9 Å². The largest absolute Gasteiger partial charge is 0.353 e. The van der Waals surface area contributed by atoms with Gasteiger partial charge in [-0.15, -0.1) is 0 Å². The number of rotatable bonds is 5. The average molecular weight is 366 g/mol. The third-order valence-corrected chi connectivity index (χ3v) is 5.09. The van der Waals surface area contributed by atoms with Crippen molar-refractivity contribution in [2.45, 2.75) is 31.0 Å². The Labute approximate surface area is 154 Å². The van der Waals surface area contributed by atoms with E-state index in [1.54, 1.807) is 18.3 Å². The van der Waals surface area contributed by atoms with Crippen molar-refractivity contribution < 1.29 is 4.79 Å². The van der Waals surface area contributed by atoms with Crippen LogP contribution in [0.4, 0.5) is 0 Å². The summed E-state index contributed by atoms with van der Waals surface area (Å²) in [6.45, 7) is 1.95. The number of thioether (sulfide) groups is 1. The zero-order valence-electron chi connectivity index (χ0n) is 14.3. The van der Waals surface area contributed by atoms with Gasteiger partial charge in [-0.25, -0.2) is 14.5 Å². The number of nitrogens with zero attached hydrogens (tertiary/aromatic N) is 3. The summed E-state index contributed by atoms with van der Waals surface area (Å²) in [5, 5.41) is 3.95. The van der Waals surface area contributed by atoms with Gasteiger partial charge in [-0.05, 0) is 49.6 Å². The van der Waals surface area contributed by atoms with E-state index in [9.17, 15) is 9.59 Å². The Balaban J connectivity index is 1.77. The van der Waals surface area contributed by atoms with Gasteiger partial charge in [0.25, 0.3) is 5.56 Å². The smallest absolute Gasteiger partial charge is 0.267 e. The maximum atomic E-state index is 13.1. The van der Waals surface area contributed by atoms with Crippen LogP contribution in [-0.2, 0) is 4.79 Å². The van der Waals surface area contributed by atoms with E-state index in [1.165, 1.54) is 16.3 Å². The van der Waals surface area contributed by atoms with E-state index in [0.29, 0.717) is 27.9 Å². The molecule has 1 N–H and O–H groups in total. The third kappa shape index (κ3) is 3.48. The Morgan fingerprint density at radius 2 is 2.12 bits per heavy atom. The van der Waals surface area contributed by atoms with Gasteiger partial charge in [0.1, 0.15) is 5.82 Å². The first-order chi connectivity index (χ1) is 12.6. The van der Waals surface area contributed by atoms with Gasteiger partial charge in [0.05, 0.1) is 16.7 Å². The molecule has 2 aromatic heterocycles. The Kier molecular flexibility index (Phi) is 4.46. The van der Waals surface area contributed by atoms with Crippen molar-refractivity contribution in [2.24, 2.45) is 0 Å². The summed E-state index contributed by atoms with van der Waals surface area (Å²) < 4.78 is 1.49. The third-order valence-electron chi connectivity index (χ3n) is 4.15. The molecule has 1 amide bonds. The summed E-state index contributed by atoms with van der Waals surface area (Å²) in [4.78, 5) is 34.1.